The number of cyclic esters (lactones) is 1. The van der Waals surface area contributed by atoms with Crippen LogP contribution in [0.2, 0.25) is 5.02 Å². The summed E-state index contributed by atoms with van der Waals surface area (Å²) in [4.78, 5) is 25.0. The van der Waals surface area contributed by atoms with Crippen molar-refractivity contribution < 1.29 is 23.8 Å². The van der Waals surface area contributed by atoms with Crippen LogP contribution in [0.25, 0.3) is 0 Å². The Bertz CT molecular complexity index is 798. The Hall–Kier alpha value is -2.53. The lowest BCUT2D eigenvalue weighted by Gasteiger charge is -2.25. The first-order valence-electron chi connectivity index (χ1n) is 7.29. The quantitative estimate of drug-likeness (QED) is 0.627. The van der Waals surface area contributed by atoms with E-state index in [2.05, 4.69) is 0 Å². The lowest BCUT2D eigenvalue weighted by atomic mass is 9.93. The first-order chi connectivity index (χ1) is 11.5. The van der Waals surface area contributed by atoms with E-state index in [4.69, 9.17) is 25.8 Å². The Morgan fingerprint density at radius 2 is 1.83 bits per heavy atom. The highest BCUT2D eigenvalue weighted by Crippen LogP contribution is 2.37. The van der Waals surface area contributed by atoms with Gasteiger partial charge in [-0.1, -0.05) is 17.7 Å². The number of halogens is 1. The Labute approximate surface area is 144 Å². The Morgan fingerprint density at radius 3 is 2.46 bits per heavy atom. The molecule has 2 aromatic carbocycles. The molecule has 6 heteroatoms. The summed E-state index contributed by atoms with van der Waals surface area (Å²) in [6.07, 6.45) is -0.590. The SMILES string of the molecule is COc1ccc2c(c1OC)C(=O)OC(C(=O)c1ccc(Cl)cc1)C2. The van der Waals surface area contributed by atoms with Gasteiger partial charge in [0.2, 0.25) is 5.78 Å². The van der Waals surface area contributed by atoms with Gasteiger partial charge in [0.15, 0.2) is 17.6 Å². The van der Waals surface area contributed by atoms with Crippen molar-refractivity contribution in [2.75, 3.05) is 14.2 Å². The normalized spacial score (nSPS) is 16.1. The molecular weight excluding hydrogens is 332 g/mol. The minimum Gasteiger partial charge on any atom is -0.493 e. The number of ketones is 1. The fourth-order valence-corrected chi connectivity index (χ4v) is 2.86. The number of hydrogen-bond donors (Lipinski definition) is 0. The molecule has 1 aliphatic heterocycles. The van der Waals surface area contributed by atoms with Crippen LogP contribution in [0.1, 0.15) is 26.3 Å². The number of ether oxygens (including phenoxy) is 3. The zero-order valence-corrected chi connectivity index (χ0v) is 13.9. The number of fused-ring (bicyclic) bond motifs is 1. The van der Waals surface area contributed by atoms with Gasteiger partial charge in [-0.3, -0.25) is 4.79 Å². The van der Waals surface area contributed by atoms with E-state index in [1.807, 2.05) is 0 Å². The molecule has 124 valence electrons. The number of rotatable bonds is 4. The van der Waals surface area contributed by atoms with E-state index in [1.165, 1.54) is 14.2 Å². The first-order valence-corrected chi connectivity index (χ1v) is 7.67. The average Bonchev–Trinajstić information content (AvgIpc) is 2.60. The van der Waals surface area contributed by atoms with Gasteiger partial charge >= 0.3 is 5.97 Å². The molecule has 3 rings (SSSR count). The van der Waals surface area contributed by atoms with Gasteiger partial charge < -0.3 is 14.2 Å². The number of carbonyl (C=O) groups excluding carboxylic acids is 2. The number of carbonyl (C=O) groups is 2. The van der Waals surface area contributed by atoms with Crippen LogP contribution >= 0.6 is 11.6 Å². The summed E-state index contributed by atoms with van der Waals surface area (Å²) in [6.45, 7) is 0. The monoisotopic (exact) mass is 346 g/mol. The first kappa shape index (κ1) is 16.3. The second kappa shape index (κ2) is 6.53. The van der Waals surface area contributed by atoms with Crippen LogP contribution in [-0.2, 0) is 11.2 Å². The summed E-state index contributed by atoms with van der Waals surface area (Å²) < 4.78 is 15.8. The van der Waals surface area contributed by atoms with E-state index in [1.54, 1.807) is 36.4 Å². The van der Waals surface area contributed by atoms with E-state index in [0.29, 0.717) is 33.2 Å². The van der Waals surface area contributed by atoms with Crippen LogP contribution in [0.3, 0.4) is 0 Å². The minimum absolute atomic E-state index is 0.263. The highest BCUT2D eigenvalue weighted by Gasteiger charge is 2.35. The van der Waals surface area contributed by atoms with E-state index in [9.17, 15) is 9.59 Å². The second-order valence-electron chi connectivity index (χ2n) is 5.30. The van der Waals surface area contributed by atoms with Crippen molar-refractivity contribution in [2.24, 2.45) is 0 Å². The van der Waals surface area contributed by atoms with Crippen molar-refractivity contribution in [3.8, 4) is 11.5 Å². The third kappa shape index (κ3) is 2.83. The van der Waals surface area contributed by atoms with Gasteiger partial charge in [0, 0.05) is 17.0 Å². The van der Waals surface area contributed by atoms with Crippen molar-refractivity contribution in [3.63, 3.8) is 0 Å². The van der Waals surface area contributed by atoms with E-state index >= 15 is 0 Å². The predicted molar refractivity (Wildman–Crippen MR) is 88.2 cm³/mol. The average molecular weight is 347 g/mol. The van der Waals surface area contributed by atoms with Crippen LogP contribution < -0.4 is 9.47 Å². The third-order valence-electron chi connectivity index (χ3n) is 3.91. The summed E-state index contributed by atoms with van der Waals surface area (Å²) in [5.74, 6) is -0.104. The van der Waals surface area contributed by atoms with Gasteiger partial charge in [-0.25, -0.2) is 4.79 Å². The van der Waals surface area contributed by atoms with Crippen LogP contribution in [0, 0.1) is 0 Å². The van der Waals surface area contributed by atoms with Crippen molar-refractivity contribution in [3.05, 3.63) is 58.1 Å². The molecule has 0 amide bonds. The predicted octanol–water partition coefficient (Wildman–Crippen LogP) is 3.32. The summed E-state index contributed by atoms with van der Waals surface area (Å²) in [6, 6.07) is 9.94. The molecule has 1 aliphatic rings. The Balaban J connectivity index is 1.94. The minimum atomic E-state index is -0.871. The fourth-order valence-electron chi connectivity index (χ4n) is 2.74. The number of benzene rings is 2. The smallest absolute Gasteiger partial charge is 0.343 e. The van der Waals surface area contributed by atoms with Gasteiger partial charge in [-0.15, -0.1) is 0 Å². The molecule has 0 saturated carbocycles. The van der Waals surface area contributed by atoms with E-state index in [0.717, 1.165) is 0 Å². The summed E-state index contributed by atoms with van der Waals surface area (Å²) in [7, 11) is 2.95. The largest absolute Gasteiger partial charge is 0.493 e. The molecule has 0 saturated heterocycles. The molecule has 0 aliphatic carbocycles. The van der Waals surface area contributed by atoms with Gasteiger partial charge in [0.05, 0.1) is 14.2 Å². The lowest BCUT2D eigenvalue weighted by Crippen LogP contribution is -2.34. The van der Waals surface area contributed by atoms with Crippen LogP contribution in [0.5, 0.6) is 11.5 Å². The summed E-state index contributed by atoms with van der Waals surface area (Å²) >= 11 is 5.83. The molecule has 0 spiro atoms. The van der Waals surface area contributed by atoms with Gasteiger partial charge in [-0.2, -0.15) is 0 Å². The maximum atomic E-state index is 12.6. The number of esters is 1. The molecule has 0 fully saturated rings. The van der Waals surface area contributed by atoms with E-state index < -0.39 is 12.1 Å². The second-order valence-corrected chi connectivity index (χ2v) is 5.74. The zero-order chi connectivity index (χ0) is 17.3. The number of Topliss-reactive ketones (excluding diaryl/α,β-unsaturated/α-hetero) is 1. The molecule has 0 radical (unpaired) electrons. The van der Waals surface area contributed by atoms with E-state index in [-0.39, 0.29) is 12.2 Å². The highest BCUT2D eigenvalue weighted by molar-refractivity contribution is 6.30. The Kier molecular flexibility index (Phi) is 4.44. The molecule has 1 heterocycles. The number of methoxy groups -OCH3 is 2. The van der Waals surface area contributed by atoms with Crippen molar-refractivity contribution in [2.45, 2.75) is 12.5 Å². The highest BCUT2D eigenvalue weighted by atomic mass is 35.5. The summed E-state index contributed by atoms with van der Waals surface area (Å²) in [5, 5.41) is 0.536. The molecule has 5 nitrogen and oxygen atoms in total. The van der Waals surface area contributed by atoms with Gasteiger partial charge in [0.1, 0.15) is 5.56 Å². The lowest BCUT2D eigenvalue weighted by molar-refractivity contribution is 0.0243. The number of hydrogen-bond acceptors (Lipinski definition) is 5. The van der Waals surface area contributed by atoms with Gasteiger partial charge in [-0.05, 0) is 35.9 Å². The molecule has 0 N–H and O–H groups in total. The fraction of sp³-hybridized carbons (Fsp3) is 0.222. The molecule has 24 heavy (non-hydrogen) atoms. The van der Waals surface area contributed by atoms with Crippen LogP contribution in [0.15, 0.2) is 36.4 Å². The molecular formula is C18H15ClO5. The standard InChI is InChI=1S/C18H15ClO5/c1-22-13-8-5-11-9-14(24-18(21)15(11)17(13)23-2)16(20)10-3-6-12(19)7-4-10/h3-8,14H,9H2,1-2H3. The molecule has 1 atom stereocenters. The molecule has 2 aromatic rings. The van der Waals surface area contributed by atoms with Crippen molar-refractivity contribution in [1.82, 2.24) is 0 Å². The molecule has 0 bridgehead atoms. The van der Waals surface area contributed by atoms with Crippen molar-refractivity contribution >= 4 is 23.4 Å². The topological polar surface area (TPSA) is 61.8 Å². The Morgan fingerprint density at radius 1 is 1.12 bits per heavy atom. The van der Waals surface area contributed by atoms with Crippen molar-refractivity contribution in [1.29, 1.82) is 0 Å². The zero-order valence-electron chi connectivity index (χ0n) is 13.2. The van der Waals surface area contributed by atoms with Crippen LogP contribution in [-0.4, -0.2) is 32.1 Å². The summed E-state index contributed by atoms with van der Waals surface area (Å²) in [5.41, 5.74) is 1.44. The van der Waals surface area contributed by atoms with Crippen LogP contribution in [0.4, 0.5) is 0 Å². The molecule has 1 unspecified atom stereocenters. The molecule has 0 aromatic heterocycles. The maximum Gasteiger partial charge on any atom is 0.343 e. The third-order valence-corrected chi connectivity index (χ3v) is 4.16. The van der Waals surface area contributed by atoms with Gasteiger partial charge in [0.25, 0.3) is 0 Å². The maximum absolute atomic E-state index is 12.6.